The van der Waals surface area contributed by atoms with Gasteiger partial charge in [-0.3, -0.25) is 0 Å². The van der Waals surface area contributed by atoms with Crippen LogP contribution in [0, 0.1) is 0 Å². The number of carbonyl (C=O) groups is 2. The minimum atomic E-state index is -3.11. The van der Waals surface area contributed by atoms with Crippen molar-refractivity contribution in [1.29, 1.82) is 0 Å². The van der Waals surface area contributed by atoms with E-state index in [9.17, 15) is 9.59 Å². The molecule has 1 fully saturated rings. The molecular weight excluding hydrogens is 547 g/mol. The van der Waals surface area contributed by atoms with E-state index in [1.807, 2.05) is 0 Å². The third-order valence-electron chi connectivity index (χ3n) is 4.45. The van der Waals surface area contributed by atoms with Crippen LogP contribution in [0.25, 0.3) is 16.8 Å². The van der Waals surface area contributed by atoms with E-state index in [0.717, 1.165) is 29.6 Å². The van der Waals surface area contributed by atoms with Crippen LogP contribution in [-0.2, 0) is 31.4 Å². The molecule has 0 amide bonds. The van der Waals surface area contributed by atoms with Crippen LogP contribution in [0.3, 0.4) is 0 Å². The first-order valence-electron chi connectivity index (χ1n) is 8.81. The van der Waals surface area contributed by atoms with Gasteiger partial charge < -0.3 is 14.4 Å². The summed E-state index contributed by atoms with van der Waals surface area (Å²) in [6, 6.07) is 2.08. The molecule has 0 aliphatic carbocycles. The predicted octanol–water partition coefficient (Wildman–Crippen LogP) is 5.37. The normalized spacial score (nSPS) is 15.4. The van der Waals surface area contributed by atoms with E-state index in [-0.39, 0.29) is 5.57 Å². The second-order valence-corrected chi connectivity index (χ2v) is 22.3. The molecule has 0 unspecified atom stereocenters. The van der Waals surface area contributed by atoms with E-state index in [1.54, 1.807) is 18.5 Å². The van der Waals surface area contributed by atoms with Gasteiger partial charge in [0.15, 0.2) is 0 Å². The van der Waals surface area contributed by atoms with Crippen LogP contribution >= 0.6 is 48.8 Å². The average Bonchev–Trinajstić information content (AvgIpc) is 2.69. The Labute approximate surface area is 203 Å². The van der Waals surface area contributed by atoms with Gasteiger partial charge in [-0.2, -0.15) is 0 Å². The molecular formula is C18H18Cl5N3O4Ti. The van der Waals surface area contributed by atoms with Crippen molar-refractivity contribution in [2.75, 3.05) is 25.7 Å². The molecule has 0 radical (unpaired) electrons. The number of halogens is 5. The summed E-state index contributed by atoms with van der Waals surface area (Å²) in [5.74, 6) is -0.769. The molecule has 13 heteroatoms. The number of fused-ring (bicyclic) bond motifs is 1. The molecule has 0 spiro atoms. The van der Waals surface area contributed by atoms with Crippen molar-refractivity contribution in [2.24, 2.45) is 0 Å². The second kappa shape index (κ2) is 11.4. The second-order valence-electron chi connectivity index (χ2n) is 6.39. The molecule has 1 aliphatic heterocycles. The van der Waals surface area contributed by atoms with E-state index < -0.39 is 24.3 Å². The van der Waals surface area contributed by atoms with E-state index in [4.69, 9.17) is 48.8 Å². The zero-order valence-electron chi connectivity index (χ0n) is 16.7. The summed E-state index contributed by atoms with van der Waals surface area (Å²) >= 11 is 2.96. The van der Waals surface area contributed by atoms with Crippen molar-refractivity contribution >= 4 is 83.4 Å². The van der Waals surface area contributed by atoms with Crippen molar-refractivity contribution in [2.45, 2.75) is 19.4 Å². The molecule has 0 saturated carbocycles. The summed E-state index contributed by atoms with van der Waals surface area (Å²) in [6.45, 7) is 3.04. The minimum absolute atomic E-state index is 0.226. The van der Waals surface area contributed by atoms with Crippen LogP contribution in [0.2, 0.25) is 5.15 Å². The number of esters is 2. The predicted molar refractivity (Wildman–Crippen MR) is 121 cm³/mol. The van der Waals surface area contributed by atoms with Gasteiger partial charge in [-0.1, -0.05) is 11.6 Å². The number of pyridine rings is 2. The van der Waals surface area contributed by atoms with Crippen LogP contribution in [-0.4, -0.2) is 48.7 Å². The van der Waals surface area contributed by atoms with Crippen molar-refractivity contribution in [3.63, 3.8) is 0 Å². The number of ether oxygens (including phenoxy) is 2. The first-order valence-corrected chi connectivity index (χ1v) is 17.8. The summed E-state index contributed by atoms with van der Waals surface area (Å²) in [6.07, 6.45) is 5.75. The number of nitrogens with zero attached hydrogens (tertiary/aromatic N) is 3. The van der Waals surface area contributed by atoms with E-state index in [0.29, 0.717) is 16.8 Å². The zero-order valence-corrected chi connectivity index (χ0v) is 22.0. The molecule has 7 nitrogen and oxygen atoms in total. The summed E-state index contributed by atoms with van der Waals surface area (Å²) in [4.78, 5) is 34.7. The van der Waals surface area contributed by atoms with E-state index >= 15 is 0 Å². The Hall–Kier alpha value is -0.796. The van der Waals surface area contributed by atoms with Gasteiger partial charge in [0.1, 0.15) is 16.5 Å². The summed E-state index contributed by atoms with van der Waals surface area (Å²) in [7, 11) is 22.5. The number of rotatable bonds is 4. The first-order chi connectivity index (χ1) is 14.5. The number of carbonyl (C=O) groups excluding carboxylic acids is 2. The third-order valence-corrected chi connectivity index (χ3v) is 4.66. The fourth-order valence-electron chi connectivity index (χ4n) is 2.87. The molecule has 0 bridgehead atoms. The van der Waals surface area contributed by atoms with E-state index in [1.165, 1.54) is 20.3 Å². The van der Waals surface area contributed by atoms with Crippen molar-refractivity contribution in [1.82, 2.24) is 9.97 Å². The molecule has 0 aromatic carbocycles. The number of hydrogen-bond acceptors (Lipinski definition) is 7. The third kappa shape index (κ3) is 7.36. The maximum atomic E-state index is 11.9. The van der Waals surface area contributed by atoms with Crippen LogP contribution in [0.5, 0.6) is 0 Å². The Morgan fingerprint density at radius 3 is 2.13 bits per heavy atom. The van der Waals surface area contributed by atoms with Crippen molar-refractivity contribution in [3.05, 3.63) is 34.7 Å². The van der Waals surface area contributed by atoms with Gasteiger partial charge in [-0.25, -0.2) is 19.6 Å². The van der Waals surface area contributed by atoms with Crippen molar-refractivity contribution in [3.8, 4) is 0 Å². The standard InChI is InChI=1S/C18H18ClN3O4.4ClH.Ti/c1-10-4-5-22(10)16-14-9-20-15(19)7-12(14)11(8-21-16)6-13(17(23)25-2)18(24)26-3;;;;;/h6-10H,4-5H2,1-3H3;4*1H;/q;;;;;+4/p-4/t10-;;;;;/m1...../s1. The molecule has 2 aromatic rings. The van der Waals surface area contributed by atoms with Crippen molar-refractivity contribution < 1.29 is 31.4 Å². The Kier molecular flexibility index (Phi) is 9.70. The Balaban J connectivity index is 0.000000614. The fraction of sp³-hybridized carbons (Fsp3) is 0.333. The molecule has 1 saturated heterocycles. The summed E-state index contributed by atoms with van der Waals surface area (Å²) in [5, 5.41) is 1.84. The number of anilines is 1. The topological polar surface area (TPSA) is 81.6 Å². The Morgan fingerprint density at radius 2 is 1.68 bits per heavy atom. The van der Waals surface area contributed by atoms with Gasteiger partial charge in [0.2, 0.25) is 0 Å². The average molecular weight is 565 g/mol. The first kappa shape index (κ1) is 26.5. The molecule has 168 valence electrons. The molecule has 3 rings (SSSR count). The van der Waals surface area contributed by atoms with Gasteiger partial charge in [0.25, 0.3) is 0 Å². The molecule has 0 N–H and O–H groups in total. The number of hydrogen-bond donors (Lipinski definition) is 0. The monoisotopic (exact) mass is 563 g/mol. The summed E-state index contributed by atoms with van der Waals surface area (Å²) < 4.78 is 9.34. The Morgan fingerprint density at radius 1 is 1.10 bits per heavy atom. The van der Waals surface area contributed by atoms with Gasteiger partial charge in [0, 0.05) is 35.9 Å². The quantitative estimate of drug-likeness (QED) is 0.123. The zero-order chi connectivity index (χ0) is 23.3. The van der Waals surface area contributed by atoms with Gasteiger partial charge >= 0.3 is 61.5 Å². The van der Waals surface area contributed by atoms with E-state index in [2.05, 4.69) is 31.3 Å². The van der Waals surface area contributed by atoms with Crippen LogP contribution in [0.1, 0.15) is 18.9 Å². The van der Waals surface area contributed by atoms with Gasteiger partial charge in [-0.05, 0) is 30.9 Å². The molecule has 1 atom stereocenters. The van der Waals surface area contributed by atoms with Crippen LogP contribution in [0.15, 0.2) is 24.0 Å². The molecule has 2 aromatic heterocycles. The SMILES string of the molecule is COC(=O)C(=Cc1cnc(N2CC[C@H]2C)c2cnc(Cl)cc12)C(=O)OC.[Cl][Ti]([Cl])([Cl])[Cl]. The number of methoxy groups -OCH3 is 2. The molecule has 31 heavy (non-hydrogen) atoms. The van der Waals surface area contributed by atoms with Crippen LogP contribution in [0.4, 0.5) is 5.82 Å². The summed E-state index contributed by atoms with van der Waals surface area (Å²) in [5.41, 5.74) is 0.322. The fourth-order valence-corrected chi connectivity index (χ4v) is 3.03. The molecule has 1 aliphatic rings. The van der Waals surface area contributed by atoms with Gasteiger partial charge in [0.05, 0.1) is 14.2 Å². The maximum absolute atomic E-state index is 11.9. The van der Waals surface area contributed by atoms with Crippen LogP contribution < -0.4 is 4.90 Å². The Bertz CT molecular complexity index is 992. The number of aromatic nitrogens is 2. The van der Waals surface area contributed by atoms with Gasteiger partial charge in [-0.15, -0.1) is 0 Å². The molecule has 3 heterocycles.